The lowest BCUT2D eigenvalue weighted by molar-refractivity contribution is 0.0864. The van der Waals surface area contributed by atoms with E-state index in [0.29, 0.717) is 25.7 Å². The summed E-state index contributed by atoms with van der Waals surface area (Å²) in [5.41, 5.74) is 0.170. The van der Waals surface area contributed by atoms with Crippen LogP contribution < -0.4 is 5.32 Å². The molecule has 110 valence electrons. The summed E-state index contributed by atoms with van der Waals surface area (Å²) in [7, 11) is 0. The number of halogens is 2. The van der Waals surface area contributed by atoms with Gasteiger partial charge in [-0.15, -0.1) is 0 Å². The Morgan fingerprint density at radius 3 is 2.75 bits per heavy atom. The molecule has 0 bridgehead atoms. The molecule has 4 nitrogen and oxygen atoms in total. The Morgan fingerprint density at radius 1 is 1.40 bits per heavy atom. The quantitative estimate of drug-likeness (QED) is 0.839. The smallest absolute Gasteiger partial charge is 0.290 e. The van der Waals surface area contributed by atoms with Gasteiger partial charge < -0.3 is 10.4 Å². The van der Waals surface area contributed by atoms with Crippen LogP contribution in [-0.4, -0.2) is 33.9 Å². The van der Waals surface area contributed by atoms with Gasteiger partial charge in [-0.25, -0.2) is 4.98 Å². The standard InChI is InChI=1S/C13H16F2N2O2S/c14-13(15)20-12-10(2-1-7-16-12)11(19)17-8-3-5-9(18)6-4-8/h1-2,7-9,13,18H,3-6H2,(H,17,19). The summed E-state index contributed by atoms with van der Waals surface area (Å²) in [6, 6.07) is 3.02. The molecule has 0 aliphatic heterocycles. The fourth-order valence-electron chi connectivity index (χ4n) is 2.23. The van der Waals surface area contributed by atoms with Gasteiger partial charge in [0.25, 0.3) is 11.7 Å². The van der Waals surface area contributed by atoms with Crippen LogP contribution in [-0.2, 0) is 0 Å². The summed E-state index contributed by atoms with van der Waals surface area (Å²) in [5, 5.41) is 12.3. The number of hydrogen-bond acceptors (Lipinski definition) is 4. The summed E-state index contributed by atoms with van der Waals surface area (Å²) >= 11 is 0.271. The number of hydrogen-bond donors (Lipinski definition) is 2. The van der Waals surface area contributed by atoms with E-state index in [9.17, 15) is 18.7 Å². The van der Waals surface area contributed by atoms with Gasteiger partial charge in [0.1, 0.15) is 5.03 Å². The first-order valence-electron chi connectivity index (χ1n) is 6.45. The predicted octanol–water partition coefficient (Wildman–Crippen LogP) is 2.43. The van der Waals surface area contributed by atoms with Gasteiger partial charge in [0.05, 0.1) is 11.7 Å². The highest BCUT2D eigenvalue weighted by atomic mass is 32.2. The van der Waals surface area contributed by atoms with Crippen molar-refractivity contribution in [2.45, 2.75) is 48.6 Å². The Bertz CT molecular complexity index is 465. The maximum Gasteiger partial charge on any atom is 0.290 e. The molecule has 0 spiro atoms. The summed E-state index contributed by atoms with van der Waals surface area (Å²) in [6.07, 6.45) is 3.78. The van der Waals surface area contributed by atoms with E-state index in [-0.39, 0.29) is 40.4 Å². The highest BCUT2D eigenvalue weighted by molar-refractivity contribution is 7.99. The predicted molar refractivity (Wildman–Crippen MR) is 71.8 cm³/mol. The van der Waals surface area contributed by atoms with Gasteiger partial charge >= 0.3 is 0 Å². The lowest BCUT2D eigenvalue weighted by Crippen LogP contribution is -2.38. The molecule has 1 aromatic heterocycles. The molecule has 0 aromatic carbocycles. The Balaban J connectivity index is 2.01. The average Bonchev–Trinajstić information content (AvgIpc) is 2.41. The van der Waals surface area contributed by atoms with E-state index in [1.165, 1.54) is 12.3 Å². The minimum atomic E-state index is -2.61. The molecule has 1 aliphatic carbocycles. The molecule has 0 radical (unpaired) electrons. The van der Waals surface area contributed by atoms with Crippen LogP contribution in [0.25, 0.3) is 0 Å². The lowest BCUT2D eigenvalue weighted by Gasteiger charge is -2.26. The molecule has 1 amide bonds. The van der Waals surface area contributed by atoms with Crippen molar-refractivity contribution in [2.75, 3.05) is 0 Å². The number of alkyl halides is 2. The first-order chi connectivity index (χ1) is 9.56. The van der Waals surface area contributed by atoms with E-state index in [1.807, 2.05) is 0 Å². The SMILES string of the molecule is O=C(NC1CCC(O)CC1)c1cccnc1SC(F)F. The van der Waals surface area contributed by atoms with Crippen molar-refractivity contribution in [1.29, 1.82) is 0 Å². The van der Waals surface area contributed by atoms with Gasteiger partial charge in [0.15, 0.2) is 0 Å². The lowest BCUT2D eigenvalue weighted by atomic mass is 9.93. The molecule has 2 N–H and O–H groups in total. The average molecular weight is 302 g/mol. The molecule has 20 heavy (non-hydrogen) atoms. The van der Waals surface area contributed by atoms with Crippen LogP contribution in [0.5, 0.6) is 0 Å². The van der Waals surface area contributed by atoms with Crippen LogP contribution >= 0.6 is 11.8 Å². The number of nitrogens with zero attached hydrogens (tertiary/aromatic N) is 1. The molecule has 7 heteroatoms. The molecule has 1 aromatic rings. The number of aliphatic hydroxyl groups is 1. The number of carbonyl (C=O) groups is 1. The van der Waals surface area contributed by atoms with Crippen LogP contribution in [0.3, 0.4) is 0 Å². The molecule has 2 rings (SSSR count). The second kappa shape index (κ2) is 6.99. The highest BCUT2D eigenvalue weighted by Gasteiger charge is 2.23. The van der Waals surface area contributed by atoms with E-state index < -0.39 is 5.76 Å². The van der Waals surface area contributed by atoms with Crippen molar-refractivity contribution in [3.8, 4) is 0 Å². The van der Waals surface area contributed by atoms with Gasteiger partial charge in [-0.05, 0) is 49.6 Å². The molecule has 1 fully saturated rings. The molecular formula is C13H16F2N2O2S. The van der Waals surface area contributed by atoms with Crippen LogP contribution in [0.15, 0.2) is 23.4 Å². The van der Waals surface area contributed by atoms with Crippen LogP contribution in [0.2, 0.25) is 0 Å². The van der Waals surface area contributed by atoms with Gasteiger partial charge in [0, 0.05) is 12.2 Å². The Labute approximate surface area is 120 Å². The minimum absolute atomic E-state index is 0.0180. The van der Waals surface area contributed by atoms with Gasteiger partial charge in [0.2, 0.25) is 0 Å². The molecular weight excluding hydrogens is 286 g/mol. The third-order valence-corrected chi connectivity index (χ3v) is 3.98. The molecule has 0 unspecified atom stereocenters. The first kappa shape index (κ1) is 15.2. The Hall–Kier alpha value is -1.21. The third kappa shape index (κ3) is 4.14. The maximum atomic E-state index is 12.4. The van der Waals surface area contributed by atoms with Crippen molar-refractivity contribution in [1.82, 2.24) is 10.3 Å². The second-order valence-electron chi connectivity index (χ2n) is 4.71. The number of nitrogens with one attached hydrogen (secondary N) is 1. The number of amides is 1. The van der Waals surface area contributed by atoms with E-state index in [4.69, 9.17) is 0 Å². The maximum absolute atomic E-state index is 12.4. The van der Waals surface area contributed by atoms with Crippen LogP contribution in [0.1, 0.15) is 36.0 Å². The topological polar surface area (TPSA) is 62.2 Å². The number of aromatic nitrogens is 1. The van der Waals surface area contributed by atoms with E-state index in [1.54, 1.807) is 6.07 Å². The number of carbonyl (C=O) groups excluding carboxylic acids is 1. The normalized spacial score (nSPS) is 22.8. The van der Waals surface area contributed by atoms with E-state index in [0.717, 1.165) is 0 Å². The van der Waals surface area contributed by atoms with Gasteiger partial charge in [-0.1, -0.05) is 0 Å². The second-order valence-corrected chi connectivity index (χ2v) is 5.69. The van der Waals surface area contributed by atoms with Crippen molar-refractivity contribution in [3.05, 3.63) is 23.9 Å². The van der Waals surface area contributed by atoms with Crippen molar-refractivity contribution in [3.63, 3.8) is 0 Å². The third-order valence-electron chi connectivity index (χ3n) is 3.25. The number of pyridine rings is 1. The number of aliphatic hydroxyl groups excluding tert-OH is 1. The van der Waals surface area contributed by atoms with Gasteiger partial charge in [-0.3, -0.25) is 4.79 Å². The summed E-state index contributed by atoms with van der Waals surface area (Å²) < 4.78 is 24.9. The molecule has 1 saturated carbocycles. The first-order valence-corrected chi connectivity index (χ1v) is 7.33. The zero-order chi connectivity index (χ0) is 14.5. The molecule has 1 heterocycles. The molecule has 0 atom stereocenters. The van der Waals surface area contributed by atoms with Gasteiger partial charge in [-0.2, -0.15) is 8.78 Å². The van der Waals surface area contributed by atoms with Crippen molar-refractivity contribution in [2.24, 2.45) is 0 Å². The zero-order valence-corrected chi connectivity index (χ0v) is 11.6. The number of thioether (sulfide) groups is 1. The van der Waals surface area contributed by atoms with E-state index in [2.05, 4.69) is 10.3 Å². The van der Waals surface area contributed by atoms with Crippen LogP contribution in [0.4, 0.5) is 8.78 Å². The molecule has 1 aliphatic rings. The Morgan fingerprint density at radius 2 is 2.10 bits per heavy atom. The largest absolute Gasteiger partial charge is 0.393 e. The fraction of sp³-hybridized carbons (Fsp3) is 0.538. The van der Waals surface area contributed by atoms with Crippen molar-refractivity contribution < 1.29 is 18.7 Å². The molecule has 0 saturated heterocycles. The Kier molecular flexibility index (Phi) is 5.31. The van der Waals surface area contributed by atoms with Crippen LogP contribution in [0, 0.1) is 0 Å². The summed E-state index contributed by atoms with van der Waals surface area (Å²) in [6.45, 7) is 0. The highest BCUT2D eigenvalue weighted by Crippen LogP contribution is 2.26. The zero-order valence-electron chi connectivity index (χ0n) is 10.8. The fourth-order valence-corrected chi connectivity index (χ4v) is 2.80. The number of rotatable bonds is 4. The van der Waals surface area contributed by atoms with E-state index >= 15 is 0 Å². The van der Waals surface area contributed by atoms with Crippen molar-refractivity contribution >= 4 is 17.7 Å². The monoisotopic (exact) mass is 302 g/mol. The summed E-state index contributed by atoms with van der Waals surface area (Å²) in [5.74, 6) is -3.00. The summed E-state index contributed by atoms with van der Waals surface area (Å²) in [4.78, 5) is 16.0. The minimum Gasteiger partial charge on any atom is -0.393 e.